The van der Waals surface area contributed by atoms with E-state index in [4.69, 9.17) is 16.3 Å². The Morgan fingerprint density at radius 2 is 1.53 bits per heavy atom. The topological polar surface area (TPSA) is 367 Å². The average molecular weight is 924 g/mol. The monoisotopic (exact) mass is 923 g/mol. The van der Waals surface area contributed by atoms with Crippen LogP contribution >= 0.6 is 11.8 Å². The zero-order valence-electron chi connectivity index (χ0n) is 34.9. The first-order chi connectivity index (χ1) is 30.5. The van der Waals surface area contributed by atoms with E-state index in [2.05, 4.69) is 36.7 Å². The van der Waals surface area contributed by atoms with Crippen molar-refractivity contribution in [2.75, 3.05) is 38.7 Å². The maximum Gasteiger partial charge on any atom is 0.305 e. The van der Waals surface area contributed by atoms with E-state index in [0.29, 0.717) is 31.2 Å². The molecule has 2 aliphatic rings. The number of rotatable bonds is 23. The minimum absolute atomic E-state index is 0.0445. The van der Waals surface area contributed by atoms with Gasteiger partial charge in [0.15, 0.2) is 5.96 Å². The second kappa shape index (κ2) is 27.3. The molecule has 64 heavy (non-hydrogen) atoms. The summed E-state index contributed by atoms with van der Waals surface area (Å²) in [5, 5.41) is 52.8. The van der Waals surface area contributed by atoms with Gasteiger partial charge in [-0.1, -0.05) is 41.9 Å². The van der Waals surface area contributed by atoms with Crippen LogP contribution in [0.15, 0.2) is 40.5 Å². The summed E-state index contributed by atoms with van der Waals surface area (Å²) in [5.74, 6) is -7.45. The van der Waals surface area contributed by atoms with Crippen LogP contribution in [-0.2, 0) is 49.6 Å². The molecule has 7 amide bonds. The molecule has 0 bridgehead atoms. The van der Waals surface area contributed by atoms with Crippen molar-refractivity contribution in [2.45, 2.75) is 106 Å². The van der Waals surface area contributed by atoms with Crippen LogP contribution in [0.1, 0.15) is 56.9 Å². The molecule has 2 fully saturated rings. The Balaban J connectivity index is 1.74. The van der Waals surface area contributed by atoms with Gasteiger partial charge in [0.1, 0.15) is 55.8 Å². The fraction of sp³-hybridized carbons (Fsp3) is 0.590. The van der Waals surface area contributed by atoms with E-state index in [-0.39, 0.29) is 57.1 Å². The highest BCUT2D eigenvalue weighted by Gasteiger charge is 2.40. The van der Waals surface area contributed by atoms with Crippen LogP contribution < -0.4 is 38.1 Å². The van der Waals surface area contributed by atoms with E-state index >= 15 is 0 Å². The molecule has 25 heteroatoms. The number of nitrogens with zero attached hydrogens (tertiary/aromatic N) is 3. The molecule has 354 valence electrons. The lowest BCUT2D eigenvalue weighted by Gasteiger charge is -2.26. The highest BCUT2D eigenvalue weighted by atomic mass is 32.2. The number of amides is 7. The predicted octanol–water partition coefficient (Wildman–Crippen LogP) is -3.70. The Kier molecular flexibility index (Phi) is 22.4. The Morgan fingerprint density at radius 3 is 2.22 bits per heavy atom. The van der Waals surface area contributed by atoms with Gasteiger partial charge in [0.2, 0.25) is 41.4 Å². The summed E-state index contributed by atoms with van der Waals surface area (Å²) in [5.41, 5.74) is 11.4. The maximum atomic E-state index is 14.0. The summed E-state index contributed by atoms with van der Waals surface area (Å²) < 4.78 is 12.4. The summed E-state index contributed by atoms with van der Waals surface area (Å²) in [6.45, 7) is -1.66. The minimum atomic E-state index is -1.77. The Bertz CT molecular complexity index is 1830. The van der Waals surface area contributed by atoms with Gasteiger partial charge in [0, 0.05) is 31.7 Å². The molecule has 3 rings (SSSR count). The number of carboxylic acid groups (broad SMARTS) is 1. The SMILES string of the molecule is NC(N)=NCCC[C@@H]1NC(=O)[C@H](CSC2CC(=O)N(CCCCCCO/N=C/[C@H](O)[C@H](O)[C@H](O)C[18F])C2=O)NC(=O)[C@@H](Cc2ccccc2)NC(=O)[C@H](CC(=O)O)NC(=O)CNC1=O. The van der Waals surface area contributed by atoms with Gasteiger partial charge in [-0.05, 0) is 37.7 Å². The molecule has 1 unspecified atom stereocenters. The quantitative estimate of drug-likeness (QED) is 0.0165. The first kappa shape index (κ1) is 52.4. The van der Waals surface area contributed by atoms with E-state index in [1.165, 1.54) is 0 Å². The highest BCUT2D eigenvalue weighted by Crippen LogP contribution is 2.26. The highest BCUT2D eigenvalue weighted by molar-refractivity contribution is 8.00. The molecular formula is C39H57FN10O13S. The van der Waals surface area contributed by atoms with Crippen molar-refractivity contribution in [1.82, 2.24) is 31.5 Å². The molecule has 8 atom stereocenters. The summed E-state index contributed by atoms with van der Waals surface area (Å²) >= 11 is 0.925. The number of carbonyl (C=O) groups is 8. The Labute approximate surface area is 371 Å². The molecule has 2 heterocycles. The molecule has 0 aromatic heterocycles. The lowest BCUT2D eigenvalue weighted by atomic mass is 10.0. The number of carboxylic acids is 1. The summed E-state index contributed by atoms with van der Waals surface area (Å²) in [7, 11) is 0. The molecule has 1 aromatic rings. The summed E-state index contributed by atoms with van der Waals surface area (Å²) in [6, 6.07) is 2.59. The zero-order chi connectivity index (χ0) is 47.2. The summed E-state index contributed by atoms with van der Waals surface area (Å²) in [6.07, 6.45) is -3.27. The number of thioether (sulfide) groups is 1. The summed E-state index contributed by atoms with van der Waals surface area (Å²) in [4.78, 5) is 116. The van der Waals surface area contributed by atoms with Gasteiger partial charge in [-0.15, -0.1) is 11.8 Å². The van der Waals surface area contributed by atoms with Crippen LogP contribution in [0.25, 0.3) is 0 Å². The largest absolute Gasteiger partial charge is 0.481 e. The second-order valence-electron chi connectivity index (χ2n) is 14.9. The number of aliphatic hydroxyl groups is 3. The number of nitrogens with two attached hydrogens (primary N) is 2. The first-order valence-electron chi connectivity index (χ1n) is 20.5. The predicted molar refractivity (Wildman–Crippen MR) is 228 cm³/mol. The van der Waals surface area contributed by atoms with E-state index in [9.17, 15) is 63.2 Å². The number of hydrogen-bond donors (Lipinski definition) is 11. The van der Waals surface area contributed by atoms with Crippen LogP contribution in [0.4, 0.5) is 4.39 Å². The number of carbonyl (C=O) groups excluding carboxylic acids is 7. The second-order valence-corrected chi connectivity index (χ2v) is 16.1. The smallest absolute Gasteiger partial charge is 0.305 e. The van der Waals surface area contributed by atoms with Crippen LogP contribution in [0.2, 0.25) is 0 Å². The van der Waals surface area contributed by atoms with Crippen molar-refractivity contribution < 1.29 is 68.0 Å². The third-order valence-electron chi connectivity index (χ3n) is 9.80. The molecule has 2 saturated heterocycles. The third-order valence-corrected chi connectivity index (χ3v) is 11.1. The van der Waals surface area contributed by atoms with E-state index in [1.807, 2.05) is 0 Å². The number of unbranched alkanes of at least 4 members (excludes halogenated alkanes) is 3. The van der Waals surface area contributed by atoms with Crippen LogP contribution in [0.5, 0.6) is 0 Å². The number of benzene rings is 1. The maximum absolute atomic E-state index is 14.0. The standard InChI is InChI=1S/C39H57FN10O13S/c40-18-27(51)33(57)28(52)19-45-63-14-7-2-1-6-13-50-31(54)17-29(38(50)62)64-21-26-37(61)47-23(11-8-12-43-39(41)42)34(58)44-20-30(53)46-25(16-32(55)56)36(60)48-24(35(59)49-26)15-22-9-4-3-5-10-22/h3-5,9-10,19,23-29,33,51-52,57H,1-2,6-8,11-18,20-21H2,(H,44,58)(H,46,53)(H,47,61)(H,48,60)(H,49,59)(H,55,56)(H4,41,42,43)/b45-19+/t23-,24+,25-,26-,27+,28-,29?,33+/m0/s1/i40-1. The molecule has 0 spiro atoms. The number of likely N-dealkylation sites (tertiary alicyclic amines) is 1. The number of aliphatic imine (C=N–C) groups is 1. The van der Waals surface area contributed by atoms with E-state index in [0.717, 1.165) is 22.9 Å². The number of aliphatic carboxylic acids is 1. The molecule has 13 N–H and O–H groups in total. The fourth-order valence-corrected chi connectivity index (χ4v) is 7.53. The number of alkyl halides is 1. The molecule has 1 aromatic carbocycles. The number of nitrogens with one attached hydrogen (secondary N) is 5. The van der Waals surface area contributed by atoms with Gasteiger partial charge in [-0.25, -0.2) is 4.39 Å². The Hall–Kier alpha value is -5.92. The zero-order valence-corrected chi connectivity index (χ0v) is 35.8. The number of halogens is 1. The van der Waals surface area contributed by atoms with E-state index < -0.39 is 115 Å². The number of aliphatic hydroxyl groups excluding tert-OH is 3. The lowest BCUT2D eigenvalue weighted by molar-refractivity contribution is -0.141. The average Bonchev–Trinajstić information content (AvgIpc) is 3.53. The van der Waals surface area contributed by atoms with Crippen molar-refractivity contribution in [3.05, 3.63) is 35.9 Å². The number of imide groups is 1. The molecular weight excluding hydrogens is 867 g/mol. The van der Waals surface area contributed by atoms with Gasteiger partial charge in [0.05, 0.1) is 24.4 Å². The van der Waals surface area contributed by atoms with Crippen molar-refractivity contribution in [3.63, 3.8) is 0 Å². The van der Waals surface area contributed by atoms with E-state index in [1.54, 1.807) is 30.3 Å². The molecule has 23 nitrogen and oxygen atoms in total. The normalized spacial score (nSPS) is 22.8. The number of oxime groups is 1. The van der Waals surface area contributed by atoms with Crippen molar-refractivity contribution in [2.24, 2.45) is 21.6 Å². The van der Waals surface area contributed by atoms with Crippen LogP contribution in [0.3, 0.4) is 0 Å². The van der Waals surface area contributed by atoms with Crippen molar-refractivity contribution in [3.8, 4) is 0 Å². The van der Waals surface area contributed by atoms with Gasteiger partial charge in [-0.2, -0.15) is 0 Å². The molecule has 0 aliphatic carbocycles. The minimum Gasteiger partial charge on any atom is -0.481 e. The number of hydrogen-bond acceptors (Lipinski definition) is 15. The Morgan fingerprint density at radius 1 is 0.875 bits per heavy atom. The van der Waals surface area contributed by atoms with Crippen molar-refractivity contribution in [1.29, 1.82) is 0 Å². The fourth-order valence-electron chi connectivity index (χ4n) is 6.34. The molecule has 0 radical (unpaired) electrons. The van der Waals surface area contributed by atoms with Crippen LogP contribution in [-0.4, -0.2) is 171 Å². The molecule has 2 aliphatic heterocycles. The first-order valence-corrected chi connectivity index (χ1v) is 21.6. The van der Waals surface area contributed by atoms with Gasteiger partial charge in [0.25, 0.3) is 0 Å². The number of guanidine groups is 1. The van der Waals surface area contributed by atoms with Gasteiger partial charge >= 0.3 is 5.97 Å². The lowest BCUT2D eigenvalue weighted by Crippen LogP contribution is -2.59. The van der Waals surface area contributed by atoms with Gasteiger partial charge < -0.3 is 63.3 Å². The van der Waals surface area contributed by atoms with Gasteiger partial charge in [-0.3, -0.25) is 48.2 Å². The van der Waals surface area contributed by atoms with Crippen LogP contribution in [0, 0.1) is 0 Å². The van der Waals surface area contributed by atoms with Crippen molar-refractivity contribution >= 4 is 71.3 Å². The molecule has 0 saturated carbocycles. The third kappa shape index (κ3) is 18.1.